The number of nitrogens with zero attached hydrogens (tertiary/aromatic N) is 2. The minimum atomic E-state index is -0.321. The van der Waals surface area contributed by atoms with Gasteiger partial charge in [-0.25, -0.2) is 4.79 Å². The quantitative estimate of drug-likeness (QED) is 0.381. The molecule has 0 radical (unpaired) electrons. The number of rotatable bonds is 3. The number of hydrogen-bond donors (Lipinski definition) is 0. The third-order valence-corrected chi connectivity index (χ3v) is 8.40. The maximum Gasteiger partial charge on any atom is 0.337 e. The highest BCUT2D eigenvalue weighted by atomic mass is 127. The number of carbonyl (C=O) groups is 1. The van der Waals surface area contributed by atoms with Gasteiger partial charge < -0.3 is 4.74 Å². The molecule has 5 rings (SSSR count). The maximum atomic E-state index is 11.7. The lowest BCUT2D eigenvalue weighted by Gasteiger charge is -2.49. The van der Waals surface area contributed by atoms with Gasteiger partial charge in [0.25, 0.3) is 0 Å². The highest BCUT2D eigenvalue weighted by Gasteiger charge is 2.49. The van der Waals surface area contributed by atoms with Gasteiger partial charge in [0, 0.05) is 14.4 Å². The van der Waals surface area contributed by atoms with Crippen LogP contribution in [0.5, 0.6) is 0 Å². The van der Waals surface area contributed by atoms with E-state index in [2.05, 4.69) is 32.8 Å². The maximum absolute atomic E-state index is 11.7. The molecule has 2 bridgehead atoms. The van der Waals surface area contributed by atoms with E-state index in [1.54, 1.807) is 17.4 Å². The molecule has 0 atom stereocenters. The molecular formula is C18H19IN2O2S. The van der Waals surface area contributed by atoms with Crippen LogP contribution < -0.4 is 0 Å². The highest BCUT2D eigenvalue weighted by Crippen LogP contribution is 2.57. The molecular weight excluding hydrogens is 435 g/mol. The van der Waals surface area contributed by atoms with E-state index in [0.717, 1.165) is 10.6 Å². The van der Waals surface area contributed by atoms with Crippen LogP contribution in [0, 0.1) is 0 Å². The molecule has 3 fully saturated rings. The summed E-state index contributed by atoms with van der Waals surface area (Å²) >= 11 is 4.36. The standard InChI is InChI=1S/C18H19IN2O2S/c1-23-15(22)13-4-2-3-12(11-13)14-20-21-16(24-14)17-5-8-18(19,9-6-17)10-7-17/h2-4,11H,5-10H2,1H3. The first-order valence-corrected chi connectivity index (χ1v) is 10.1. The fraction of sp³-hybridized carbons (Fsp3) is 0.500. The van der Waals surface area contributed by atoms with Gasteiger partial charge in [-0.05, 0) is 50.7 Å². The molecule has 3 aliphatic rings. The van der Waals surface area contributed by atoms with Crippen molar-refractivity contribution < 1.29 is 9.53 Å². The Hall–Kier alpha value is -1.02. The first-order valence-electron chi connectivity index (χ1n) is 8.25. The van der Waals surface area contributed by atoms with Gasteiger partial charge >= 0.3 is 5.97 Å². The van der Waals surface area contributed by atoms with Gasteiger partial charge in [0.2, 0.25) is 0 Å². The number of fused-ring (bicyclic) bond motifs is 3. The van der Waals surface area contributed by atoms with Gasteiger partial charge in [-0.3, -0.25) is 0 Å². The van der Waals surface area contributed by atoms with E-state index in [0.29, 0.717) is 8.99 Å². The predicted molar refractivity (Wildman–Crippen MR) is 103 cm³/mol. The molecule has 0 spiro atoms. The fourth-order valence-electron chi connectivity index (χ4n) is 3.91. The van der Waals surface area contributed by atoms with Crippen LogP contribution in [0.3, 0.4) is 0 Å². The predicted octanol–water partition coefficient (Wildman–Crippen LogP) is 4.77. The second-order valence-corrected chi connectivity index (χ2v) is 10.2. The second kappa shape index (κ2) is 6.05. The molecule has 0 saturated heterocycles. The summed E-state index contributed by atoms with van der Waals surface area (Å²) in [7, 11) is 1.40. The van der Waals surface area contributed by atoms with Gasteiger partial charge in [0.05, 0.1) is 12.7 Å². The van der Waals surface area contributed by atoms with Crippen LogP contribution in [0.4, 0.5) is 0 Å². The minimum Gasteiger partial charge on any atom is -0.465 e. The zero-order valence-corrected chi connectivity index (χ0v) is 16.5. The average molecular weight is 454 g/mol. The van der Waals surface area contributed by atoms with E-state index >= 15 is 0 Å². The molecule has 0 aliphatic heterocycles. The number of alkyl halides is 1. The van der Waals surface area contributed by atoms with E-state index in [9.17, 15) is 4.79 Å². The Balaban J connectivity index is 1.63. The lowest BCUT2D eigenvalue weighted by Crippen LogP contribution is -2.44. The minimum absolute atomic E-state index is 0.239. The molecule has 24 heavy (non-hydrogen) atoms. The van der Waals surface area contributed by atoms with Crippen LogP contribution in [0.25, 0.3) is 10.6 Å². The van der Waals surface area contributed by atoms with Crippen molar-refractivity contribution in [2.75, 3.05) is 7.11 Å². The average Bonchev–Trinajstić information content (AvgIpc) is 3.13. The summed E-state index contributed by atoms with van der Waals surface area (Å²) in [6.07, 6.45) is 7.56. The van der Waals surface area contributed by atoms with Crippen molar-refractivity contribution in [3.63, 3.8) is 0 Å². The first kappa shape index (κ1) is 16.4. The zero-order chi connectivity index (χ0) is 16.8. The SMILES string of the molecule is COC(=O)c1cccc(-c2nnc(C34CCC(I)(CC3)CC4)s2)c1. The number of hydrogen-bond acceptors (Lipinski definition) is 5. The Labute approximate surface area is 159 Å². The molecule has 126 valence electrons. The molecule has 0 amide bonds. The molecule has 1 heterocycles. The van der Waals surface area contributed by atoms with Crippen molar-refractivity contribution in [3.8, 4) is 10.6 Å². The summed E-state index contributed by atoms with van der Waals surface area (Å²) in [5.74, 6) is -0.321. The molecule has 3 saturated carbocycles. The Kier molecular flexibility index (Phi) is 4.15. The first-order chi connectivity index (χ1) is 11.5. The molecule has 4 nitrogen and oxygen atoms in total. The van der Waals surface area contributed by atoms with Crippen molar-refractivity contribution in [1.29, 1.82) is 0 Å². The summed E-state index contributed by atoms with van der Waals surface area (Å²) < 4.78 is 5.33. The van der Waals surface area contributed by atoms with Crippen LogP contribution in [-0.2, 0) is 10.2 Å². The fourth-order valence-corrected chi connectivity index (χ4v) is 5.83. The number of esters is 1. The molecule has 3 aliphatic carbocycles. The zero-order valence-electron chi connectivity index (χ0n) is 13.5. The van der Waals surface area contributed by atoms with Crippen molar-refractivity contribution in [2.45, 2.75) is 47.4 Å². The number of benzene rings is 1. The van der Waals surface area contributed by atoms with Crippen molar-refractivity contribution >= 4 is 39.9 Å². The summed E-state index contributed by atoms with van der Waals surface area (Å²) in [5.41, 5.74) is 1.73. The third kappa shape index (κ3) is 2.77. The molecule has 0 unspecified atom stereocenters. The molecule has 1 aromatic carbocycles. The van der Waals surface area contributed by atoms with Crippen molar-refractivity contribution in [2.24, 2.45) is 0 Å². The summed E-state index contributed by atoms with van der Waals surface area (Å²) in [5, 5.41) is 11.1. The Bertz CT molecular complexity index is 764. The Morgan fingerprint density at radius 3 is 2.54 bits per heavy atom. The van der Waals surface area contributed by atoms with Crippen LogP contribution in [-0.4, -0.2) is 26.7 Å². The van der Waals surface area contributed by atoms with Crippen molar-refractivity contribution in [3.05, 3.63) is 34.8 Å². The number of methoxy groups -OCH3 is 1. The summed E-state index contributed by atoms with van der Waals surface area (Å²) in [6, 6.07) is 7.45. The van der Waals surface area contributed by atoms with E-state index in [1.165, 1.54) is 50.6 Å². The van der Waals surface area contributed by atoms with Gasteiger partial charge in [-0.2, -0.15) is 0 Å². The lowest BCUT2D eigenvalue weighted by atomic mass is 9.61. The van der Waals surface area contributed by atoms with Crippen LogP contribution in [0.2, 0.25) is 0 Å². The monoisotopic (exact) mass is 454 g/mol. The van der Waals surface area contributed by atoms with E-state index in [4.69, 9.17) is 4.74 Å². The summed E-state index contributed by atoms with van der Waals surface area (Å²) in [4.78, 5) is 11.7. The van der Waals surface area contributed by atoms with Crippen LogP contribution in [0.1, 0.15) is 53.9 Å². The smallest absolute Gasteiger partial charge is 0.337 e. The normalized spacial score (nSPS) is 28.8. The lowest BCUT2D eigenvalue weighted by molar-refractivity contribution is 0.0601. The number of halogens is 1. The van der Waals surface area contributed by atoms with E-state index in [1.807, 2.05) is 18.2 Å². The largest absolute Gasteiger partial charge is 0.465 e. The Morgan fingerprint density at radius 1 is 1.17 bits per heavy atom. The van der Waals surface area contributed by atoms with E-state index < -0.39 is 0 Å². The number of carbonyl (C=O) groups excluding carboxylic acids is 1. The highest BCUT2D eigenvalue weighted by molar-refractivity contribution is 14.1. The van der Waals surface area contributed by atoms with Gasteiger partial charge in [0.15, 0.2) is 0 Å². The van der Waals surface area contributed by atoms with Crippen molar-refractivity contribution in [1.82, 2.24) is 10.2 Å². The van der Waals surface area contributed by atoms with Gasteiger partial charge in [0.1, 0.15) is 10.0 Å². The topological polar surface area (TPSA) is 52.1 Å². The van der Waals surface area contributed by atoms with E-state index in [-0.39, 0.29) is 11.4 Å². The van der Waals surface area contributed by atoms with Crippen LogP contribution in [0.15, 0.2) is 24.3 Å². The third-order valence-electron chi connectivity index (χ3n) is 5.56. The van der Waals surface area contributed by atoms with Crippen LogP contribution >= 0.6 is 33.9 Å². The van der Waals surface area contributed by atoms with Gasteiger partial charge in [-0.15, -0.1) is 10.2 Å². The Morgan fingerprint density at radius 2 is 1.88 bits per heavy atom. The molecule has 0 N–H and O–H groups in total. The molecule has 6 heteroatoms. The number of ether oxygens (including phenoxy) is 1. The van der Waals surface area contributed by atoms with Gasteiger partial charge in [-0.1, -0.05) is 46.1 Å². The number of aromatic nitrogens is 2. The molecule has 1 aromatic heterocycles. The molecule has 2 aromatic rings. The second-order valence-electron chi connectivity index (χ2n) is 6.92. The summed E-state index contributed by atoms with van der Waals surface area (Å²) in [6.45, 7) is 0.